The molecule has 25 heavy (non-hydrogen) atoms. The number of carbonyl (C=O) groups excluding carboxylic acids is 1. The van der Waals surface area contributed by atoms with Crippen LogP contribution >= 0.6 is 0 Å². The Labute approximate surface area is 147 Å². The van der Waals surface area contributed by atoms with Crippen molar-refractivity contribution in [3.63, 3.8) is 0 Å². The van der Waals surface area contributed by atoms with E-state index in [1.165, 1.54) is 0 Å². The van der Waals surface area contributed by atoms with E-state index in [4.69, 9.17) is 9.47 Å². The molecule has 1 amide bonds. The van der Waals surface area contributed by atoms with E-state index in [1.54, 1.807) is 4.90 Å². The second kappa shape index (κ2) is 8.11. The van der Waals surface area contributed by atoms with Gasteiger partial charge in [0.15, 0.2) is 5.82 Å². The molecular formula is C18H24N4O3. The number of fused-ring (bicyclic) bond motifs is 1. The van der Waals surface area contributed by atoms with Gasteiger partial charge in [0.25, 0.3) is 0 Å². The highest BCUT2D eigenvalue weighted by Gasteiger charge is 2.25. The van der Waals surface area contributed by atoms with Gasteiger partial charge in [0.05, 0.1) is 13.2 Å². The van der Waals surface area contributed by atoms with Gasteiger partial charge in [-0.2, -0.15) is 0 Å². The van der Waals surface area contributed by atoms with Gasteiger partial charge in [-0.05, 0) is 12.1 Å². The molecule has 7 nitrogen and oxygen atoms in total. The first kappa shape index (κ1) is 17.4. The molecule has 3 rings (SSSR count). The average Bonchev–Trinajstić information content (AvgIpc) is 3.05. The number of carbonyl (C=O) groups is 1. The Kier molecular flexibility index (Phi) is 5.65. The van der Waals surface area contributed by atoms with Gasteiger partial charge in [-0.25, -0.2) is 0 Å². The van der Waals surface area contributed by atoms with E-state index in [0.29, 0.717) is 32.2 Å². The fourth-order valence-corrected chi connectivity index (χ4v) is 2.81. The summed E-state index contributed by atoms with van der Waals surface area (Å²) in [6.45, 7) is 6.93. The first-order chi connectivity index (χ1) is 12.1. The molecule has 7 heteroatoms. The zero-order valence-electron chi connectivity index (χ0n) is 14.7. The molecule has 1 aliphatic heterocycles. The van der Waals surface area contributed by atoms with E-state index in [0.717, 1.165) is 23.9 Å². The van der Waals surface area contributed by atoms with E-state index >= 15 is 0 Å². The van der Waals surface area contributed by atoms with Gasteiger partial charge in [-0.15, -0.1) is 10.2 Å². The zero-order chi connectivity index (χ0) is 17.6. The van der Waals surface area contributed by atoms with Crippen molar-refractivity contribution in [2.75, 3.05) is 26.4 Å². The molecule has 1 aliphatic rings. The van der Waals surface area contributed by atoms with Crippen LogP contribution < -0.4 is 4.74 Å². The smallest absolute Gasteiger partial charge is 0.249 e. The van der Waals surface area contributed by atoms with Crippen LogP contribution in [-0.4, -0.2) is 51.9 Å². The Morgan fingerprint density at radius 2 is 1.96 bits per heavy atom. The van der Waals surface area contributed by atoms with Crippen molar-refractivity contribution in [1.29, 1.82) is 0 Å². The summed E-state index contributed by atoms with van der Waals surface area (Å²) in [4.78, 5) is 14.1. The predicted molar refractivity (Wildman–Crippen MR) is 92.3 cm³/mol. The lowest BCUT2D eigenvalue weighted by Crippen LogP contribution is -2.40. The predicted octanol–water partition coefficient (Wildman–Crippen LogP) is 1.84. The number of nitrogens with zero attached hydrogens (tertiary/aromatic N) is 4. The molecule has 2 aromatic rings. The topological polar surface area (TPSA) is 69.5 Å². The molecule has 0 bridgehead atoms. The first-order valence-corrected chi connectivity index (χ1v) is 8.60. The minimum absolute atomic E-state index is 0.0277. The van der Waals surface area contributed by atoms with Gasteiger partial charge < -0.3 is 18.9 Å². The molecule has 0 N–H and O–H groups in total. The maximum Gasteiger partial charge on any atom is 0.249 e. The van der Waals surface area contributed by atoms with E-state index in [2.05, 4.69) is 28.6 Å². The van der Waals surface area contributed by atoms with Gasteiger partial charge >= 0.3 is 0 Å². The maximum absolute atomic E-state index is 12.3. The molecule has 0 spiro atoms. The Bertz CT molecular complexity index is 700. The molecule has 1 aromatic heterocycles. The molecule has 0 aliphatic carbocycles. The van der Waals surface area contributed by atoms with Crippen LogP contribution in [0.5, 0.6) is 5.75 Å². The van der Waals surface area contributed by atoms with Crippen molar-refractivity contribution in [2.45, 2.75) is 32.9 Å². The first-order valence-electron chi connectivity index (χ1n) is 8.60. The highest BCUT2D eigenvalue weighted by Crippen LogP contribution is 2.18. The second-order valence-electron chi connectivity index (χ2n) is 6.31. The van der Waals surface area contributed by atoms with Crippen molar-refractivity contribution in [3.05, 3.63) is 42.0 Å². The van der Waals surface area contributed by atoms with E-state index in [-0.39, 0.29) is 12.5 Å². The molecule has 1 aromatic carbocycles. The maximum atomic E-state index is 12.3. The highest BCUT2D eigenvalue weighted by atomic mass is 16.5. The van der Waals surface area contributed by atoms with Crippen LogP contribution in [0.2, 0.25) is 0 Å². The summed E-state index contributed by atoms with van der Waals surface area (Å²) >= 11 is 0. The summed E-state index contributed by atoms with van der Waals surface area (Å²) in [7, 11) is 0. The Hall–Kier alpha value is -2.41. The fraction of sp³-hybridized carbons (Fsp3) is 0.500. The minimum atomic E-state index is -0.0277. The third-order valence-corrected chi connectivity index (χ3v) is 4.12. The van der Waals surface area contributed by atoms with E-state index in [9.17, 15) is 4.79 Å². The number of hydrogen-bond donors (Lipinski definition) is 0. The lowest BCUT2D eigenvalue weighted by atomic mass is 10.2. The summed E-state index contributed by atoms with van der Waals surface area (Å²) in [5.74, 6) is 2.93. The van der Waals surface area contributed by atoms with Gasteiger partial charge in [0.1, 0.15) is 24.8 Å². The van der Waals surface area contributed by atoms with Gasteiger partial charge in [-0.1, -0.05) is 32.0 Å². The van der Waals surface area contributed by atoms with Crippen LogP contribution in [0.15, 0.2) is 30.3 Å². The quantitative estimate of drug-likeness (QED) is 0.717. The molecule has 0 radical (unpaired) electrons. The van der Waals surface area contributed by atoms with Crippen molar-refractivity contribution < 1.29 is 14.3 Å². The van der Waals surface area contributed by atoms with Crippen molar-refractivity contribution in [3.8, 4) is 5.75 Å². The average molecular weight is 344 g/mol. The Balaban J connectivity index is 1.40. The summed E-state index contributed by atoms with van der Waals surface area (Å²) in [5.41, 5.74) is 0. The molecule has 2 heterocycles. The summed E-state index contributed by atoms with van der Waals surface area (Å²) < 4.78 is 13.1. The number of benzene rings is 1. The summed E-state index contributed by atoms with van der Waals surface area (Å²) in [6, 6.07) is 9.55. The van der Waals surface area contributed by atoms with Crippen LogP contribution in [0, 0.1) is 0 Å². The fourth-order valence-electron chi connectivity index (χ4n) is 2.81. The highest BCUT2D eigenvalue weighted by molar-refractivity contribution is 5.77. The minimum Gasteiger partial charge on any atom is -0.491 e. The Morgan fingerprint density at radius 3 is 2.72 bits per heavy atom. The zero-order valence-corrected chi connectivity index (χ0v) is 14.7. The molecular weight excluding hydrogens is 320 g/mol. The van der Waals surface area contributed by atoms with Crippen LogP contribution in [0.25, 0.3) is 0 Å². The number of ether oxygens (including phenoxy) is 2. The number of hydrogen-bond acceptors (Lipinski definition) is 5. The summed E-state index contributed by atoms with van der Waals surface area (Å²) in [6.07, 6.45) is 0. The van der Waals surface area contributed by atoms with E-state index < -0.39 is 0 Å². The van der Waals surface area contributed by atoms with Gasteiger partial charge in [0, 0.05) is 19.0 Å². The lowest BCUT2D eigenvalue weighted by molar-refractivity contribution is -0.137. The Morgan fingerprint density at radius 1 is 1.16 bits per heavy atom. The molecule has 134 valence electrons. The van der Waals surface area contributed by atoms with Crippen molar-refractivity contribution in [2.24, 2.45) is 0 Å². The van der Waals surface area contributed by atoms with Crippen LogP contribution in [0.1, 0.15) is 31.4 Å². The van der Waals surface area contributed by atoms with Crippen LogP contribution in [-0.2, 0) is 22.6 Å². The van der Waals surface area contributed by atoms with Crippen molar-refractivity contribution >= 4 is 5.91 Å². The van der Waals surface area contributed by atoms with Crippen LogP contribution in [0.3, 0.4) is 0 Å². The molecule has 0 atom stereocenters. The number of aromatic nitrogens is 3. The molecule has 0 unspecified atom stereocenters. The molecule has 0 saturated heterocycles. The largest absolute Gasteiger partial charge is 0.491 e. The molecule has 0 fully saturated rings. The van der Waals surface area contributed by atoms with Crippen LogP contribution in [0.4, 0.5) is 0 Å². The van der Waals surface area contributed by atoms with E-state index in [1.807, 2.05) is 30.3 Å². The van der Waals surface area contributed by atoms with Gasteiger partial charge in [0.2, 0.25) is 5.91 Å². The molecule has 0 saturated carbocycles. The lowest BCUT2D eigenvalue weighted by Gasteiger charge is -2.28. The second-order valence-corrected chi connectivity index (χ2v) is 6.31. The summed E-state index contributed by atoms with van der Waals surface area (Å²) in [5, 5.41) is 8.45. The number of amides is 1. The standard InChI is InChI=1S/C18H24N4O3/c1-14(2)18-20-19-16-12-21(8-9-22(16)18)17(23)13-24-10-11-25-15-6-4-3-5-7-15/h3-7,14H,8-13H2,1-2H3. The normalized spacial score (nSPS) is 13.8. The third-order valence-electron chi connectivity index (χ3n) is 4.12. The number of rotatable bonds is 7. The number of para-hydroxylation sites is 1. The SMILES string of the molecule is CC(C)c1nnc2n1CCN(C(=O)COCCOc1ccccc1)C2. The van der Waals surface area contributed by atoms with Gasteiger partial charge in [-0.3, -0.25) is 4.79 Å². The monoisotopic (exact) mass is 344 g/mol. The third kappa shape index (κ3) is 4.36. The van der Waals surface area contributed by atoms with Crippen molar-refractivity contribution in [1.82, 2.24) is 19.7 Å².